The second kappa shape index (κ2) is 6.23. The Balaban J connectivity index is 2.31. The Hall–Kier alpha value is -1.93. The summed E-state index contributed by atoms with van der Waals surface area (Å²) in [6, 6.07) is 5.26. The summed E-state index contributed by atoms with van der Waals surface area (Å²) in [7, 11) is -3.87. The summed E-state index contributed by atoms with van der Waals surface area (Å²) < 4.78 is 40.2. The number of aromatic nitrogens is 2. The van der Waals surface area contributed by atoms with Crippen molar-refractivity contribution in [2.75, 3.05) is 11.3 Å². The predicted octanol–water partition coefficient (Wildman–Crippen LogP) is 1.77. The molecule has 1 aromatic carbocycles. The van der Waals surface area contributed by atoms with Crippen LogP contribution in [0.4, 0.5) is 10.1 Å². The first-order chi connectivity index (χ1) is 9.94. The highest BCUT2D eigenvalue weighted by atomic mass is 32.2. The molecule has 1 heterocycles. The molecule has 0 saturated heterocycles. The first-order valence-electron chi connectivity index (χ1n) is 6.47. The molecule has 0 atom stereocenters. The van der Waals surface area contributed by atoms with E-state index in [9.17, 15) is 12.8 Å². The van der Waals surface area contributed by atoms with E-state index in [0.717, 1.165) is 6.07 Å². The standard InChI is InChI=1S/C13H17FN4O2S/c1-3-15-8-12-9(2)16-17-13(12)21(19,20)18-11-6-4-5-10(14)7-11/h4-7,15,18H,3,8H2,1-2H3,(H,16,17). The molecule has 0 saturated carbocycles. The number of nitrogens with one attached hydrogen (secondary N) is 3. The Morgan fingerprint density at radius 2 is 2.14 bits per heavy atom. The molecule has 6 nitrogen and oxygen atoms in total. The molecule has 0 radical (unpaired) electrons. The van der Waals surface area contributed by atoms with Crippen molar-refractivity contribution < 1.29 is 12.8 Å². The van der Waals surface area contributed by atoms with Crippen molar-refractivity contribution in [3.63, 3.8) is 0 Å². The largest absolute Gasteiger partial charge is 0.313 e. The number of halogens is 1. The van der Waals surface area contributed by atoms with Gasteiger partial charge in [-0.15, -0.1) is 0 Å². The van der Waals surface area contributed by atoms with Crippen LogP contribution in [0.25, 0.3) is 0 Å². The number of nitrogens with zero attached hydrogens (tertiary/aromatic N) is 1. The minimum Gasteiger partial charge on any atom is -0.313 e. The van der Waals surface area contributed by atoms with E-state index in [1.807, 2.05) is 6.92 Å². The second-order valence-corrected chi connectivity index (χ2v) is 6.13. The van der Waals surface area contributed by atoms with Crippen molar-refractivity contribution in [2.24, 2.45) is 0 Å². The zero-order valence-corrected chi connectivity index (χ0v) is 12.6. The van der Waals surface area contributed by atoms with Gasteiger partial charge in [-0.1, -0.05) is 13.0 Å². The number of aromatic amines is 1. The van der Waals surface area contributed by atoms with E-state index in [4.69, 9.17) is 0 Å². The molecular formula is C13H17FN4O2S. The van der Waals surface area contributed by atoms with E-state index in [1.165, 1.54) is 18.2 Å². The molecule has 0 aliphatic carbocycles. The van der Waals surface area contributed by atoms with Crippen molar-refractivity contribution >= 4 is 15.7 Å². The predicted molar refractivity (Wildman–Crippen MR) is 77.9 cm³/mol. The lowest BCUT2D eigenvalue weighted by atomic mass is 10.2. The van der Waals surface area contributed by atoms with Crippen LogP contribution >= 0.6 is 0 Å². The SMILES string of the molecule is CCNCc1c(S(=O)(=O)Nc2cccc(F)c2)n[nH]c1C. The van der Waals surface area contributed by atoms with Gasteiger partial charge in [0.05, 0.1) is 5.69 Å². The van der Waals surface area contributed by atoms with E-state index >= 15 is 0 Å². The van der Waals surface area contributed by atoms with Crippen molar-refractivity contribution in [1.29, 1.82) is 0 Å². The zero-order chi connectivity index (χ0) is 15.5. The Bertz CT molecular complexity index is 728. The summed E-state index contributed by atoms with van der Waals surface area (Å²) in [5.74, 6) is -0.513. The van der Waals surface area contributed by atoms with Crippen molar-refractivity contribution in [1.82, 2.24) is 15.5 Å². The maximum Gasteiger partial charge on any atom is 0.281 e. The number of hydrogen-bond acceptors (Lipinski definition) is 4. The van der Waals surface area contributed by atoms with E-state index in [2.05, 4.69) is 20.2 Å². The van der Waals surface area contributed by atoms with Gasteiger partial charge in [-0.2, -0.15) is 13.5 Å². The molecule has 2 aromatic rings. The fourth-order valence-corrected chi connectivity index (χ4v) is 3.12. The fraction of sp³-hybridized carbons (Fsp3) is 0.308. The number of benzene rings is 1. The van der Waals surface area contributed by atoms with Crippen molar-refractivity contribution in [3.8, 4) is 0 Å². The first kappa shape index (κ1) is 15.5. The maximum absolute atomic E-state index is 13.1. The average Bonchev–Trinajstić information content (AvgIpc) is 2.78. The summed E-state index contributed by atoms with van der Waals surface area (Å²) in [5.41, 5.74) is 1.40. The minimum atomic E-state index is -3.87. The second-order valence-electron chi connectivity index (χ2n) is 4.53. The molecule has 0 unspecified atom stereocenters. The molecule has 3 N–H and O–H groups in total. The molecule has 0 aliphatic rings. The number of sulfonamides is 1. The van der Waals surface area contributed by atoms with Gasteiger partial charge in [0, 0.05) is 17.8 Å². The Morgan fingerprint density at radius 3 is 2.81 bits per heavy atom. The third kappa shape index (κ3) is 3.59. The number of H-pyrrole nitrogens is 1. The molecule has 21 heavy (non-hydrogen) atoms. The third-order valence-corrected chi connectivity index (χ3v) is 4.27. The van der Waals surface area contributed by atoms with Gasteiger partial charge in [-0.05, 0) is 31.7 Å². The van der Waals surface area contributed by atoms with Crippen LogP contribution in [-0.2, 0) is 16.6 Å². The Kier molecular flexibility index (Phi) is 4.59. The van der Waals surface area contributed by atoms with Crippen LogP contribution in [0.5, 0.6) is 0 Å². The first-order valence-corrected chi connectivity index (χ1v) is 7.95. The molecular weight excluding hydrogens is 295 g/mol. The summed E-state index contributed by atoms with van der Waals surface area (Å²) in [5, 5.41) is 9.50. The van der Waals surface area contributed by atoms with Crippen LogP contribution in [0.15, 0.2) is 29.3 Å². The average molecular weight is 312 g/mol. The Morgan fingerprint density at radius 1 is 1.38 bits per heavy atom. The van der Waals surface area contributed by atoms with Crippen LogP contribution in [0, 0.1) is 12.7 Å². The summed E-state index contributed by atoms with van der Waals surface area (Å²) in [6.07, 6.45) is 0. The highest BCUT2D eigenvalue weighted by Gasteiger charge is 2.23. The molecule has 0 spiro atoms. The van der Waals surface area contributed by atoms with E-state index in [1.54, 1.807) is 6.92 Å². The van der Waals surface area contributed by atoms with Gasteiger partial charge >= 0.3 is 0 Å². The fourth-order valence-electron chi connectivity index (χ4n) is 1.87. The van der Waals surface area contributed by atoms with E-state index in [0.29, 0.717) is 24.3 Å². The van der Waals surface area contributed by atoms with Gasteiger partial charge < -0.3 is 5.32 Å². The normalized spacial score (nSPS) is 11.6. The third-order valence-electron chi connectivity index (χ3n) is 2.92. The number of anilines is 1. The number of rotatable bonds is 6. The molecule has 0 bridgehead atoms. The number of hydrogen-bond donors (Lipinski definition) is 3. The van der Waals surface area contributed by atoms with Gasteiger partial charge in [-0.3, -0.25) is 9.82 Å². The molecule has 2 rings (SSSR count). The minimum absolute atomic E-state index is 0.0785. The van der Waals surface area contributed by atoms with Gasteiger partial charge in [0.15, 0.2) is 0 Å². The lowest BCUT2D eigenvalue weighted by Gasteiger charge is -2.08. The summed E-state index contributed by atoms with van der Waals surface area (Å²) >= 11 is 0. The highest BCUT2D eigenvalue weighted by molar-refractivity contribution is 7.92. The molecule has 0 amide bonds. The van der Waals surface area contributed by atoms with Gasteiger partial charge in [0.1, 0.15) is 5.82 Å². The van der Waals surface area contributed by atoms with E-state index in [-0.39, 0.29) is 10.7 Å². The van der Waals surface area contributed by atoms with Crippen LogP contribution in [-0.4, -0.2) is 25.2 Å². The summed E-state index contributed by atoms with van der Waals surface area (Å²) in [6.45, 7) is 4.77. The van der Waals surface area contributed by atoms with E-state index < -0.39 is 15.8 Å². The highest BCUT2D eigenvalue weighted by Crippen LogP contribution is 2.20. The molecule has 114 valence electrons. The van der Waals surface area contributed by atoms with Crippen molar-refractivity contribution in [3.05, 3.63) is 41.3 Å². The quantitative estimate of drug-likeness (QED) is 0.758. The van der Waals surface area contributed by atoms with Gasteiger partial charge in [0.2, 0.25) is 5.03 Å². The van der Waals surface area contributed by atoms with Crippen LogP contribution in [0.2, 0.25) is 0 Å². The van der Waals surface area contributed by atoms with Gasteiger partial charge in [-0.25, -0.2) is 4.39 Å². The maximum atomic E-state index is 13.1. The zero-order valence-electron chi connectivity index (χ0n) is 11.8. The molecule has 8 heteroatoms. The molecule has 0 aliphatic heterocycles. The number of aryl methyl sites for hydroxylation is 1. The lowest BCUT2D eigenvalue weighted by Crippen LogP contribution is -2.19. The molecule has 0 fully saturated rings. The Labute approximate surface area is 122 Å². The smallest absolute Gasteiger partial charge is 0.281 e. The van der Waals surface area contributed by atoms with Crippen LogP contribution in [0.1, 0.15) is 18.2 Å². The van der Waals surface area contributed by atoms with Crippen molar-refractivity contribution in [2.45, 2.75) is 25.4 Å². The topological polar surface area (TPSA) is 86.9 Å². The van der Waals surface area contributed by atoms with Crippen LogP contribution in [0.3, 0.4) is 0 Å². The van der Waals surface area contributed by atoms with Crippen LogP contribution < -0.4 is 10.0 Å². The summed E-state index contributed by atoms with van der Waals surface area (Å²) in [4.78, 5) is 0. The van der Waals surface area contributed by atoms with Gasteiger partial charge in [0.25, 0.3) is 10.0 Å². The monoisotopic (exact) mass is 312 g/mol. The lowest BCUT2D eigenvalue weighted by molar-refractivity contribution is 0.594. The molecule has 1 aromatic heterocycles.